The van der Waals surface area contributed by atoms with Crippen molar-refractivity contribution in [2.45, 2.75) is 39.2 Å². The SMILES string of the molecule is CCCN(CC)c1ccc(C(=O)N(C)C2CCNCC2)cn1. The van der Waals surface area contributed by atoms with Crippen LogP contribution in [-0.2, 0) is 0 Å². The number of rotatable bonds is 6. The van der Waals surface area contributed by atoms with Crippen molar-refractivity contribution < 1.29 is 4.79 Å². The van der Waals surface area contributed by atoms with Crippen molar-refractivity contribution in [2.24, 2.45) is 0 Å². The Bertz CT molecular complexity index is 468. The van der Waals surface area contributed by atoms with E-state index in [2.05, 4.69) is 29.0 Å². The molecule has 1 fully saturated rings. The second-order valence-corrected chi connectivity index (χ2v) is 5.88. The molecule has 1 aliphatic heterocycles. The Morgan fingerprint density at radius 3 is 2.59 bits per heavy atom. The maximum Gasteiger partial charge on any atom is 0.255 e. The Morgan fingerprint density at radius 2 is 2.05 bits per heavy atom. The molecule has 22 heavy (non-hydrogen) atoms. The molecule has 0 aliphatic carbocycles. The number of hydrogen-bond donors (Lipinski definition) is 1. The highest BCUT2D eigenvalue weighted by Crippen LogP contribution is 2.16. The first-order valence-electron chi connectivity index (χ1n) is 8.36. The number of anilines is 1. The Morgan fingerprint density at radius 1 is 1.32 bits per heavy atom. The standard InChI is InChI=1S/C17H28N4O/c1-4-12-21(5-2)16-7-6-14(13-19-16)17(22)20(3)15-8-10-18-11-9-15/h6-7,13,15,18H,4-5,8-12H2,1-3H3. The molecule has 0 radical (unpaired) electrons. The smallest absolute Gasteiger partial charge is 0.255 e. The van der Waals surface area contributed by atoms with Gasteiger partial charge in [0.25, 0.3) is 5.91 Å². The largest absolute Gasteiger partial charge is 0.357 e. The van der Waals surface area contributed by atoms with Gasteiger partial charge in [-0.2, -0.15) is 0 Å². The van der Waals surface area contributed by atoms with Gasteiger partial charge in [-0.3, -0.25) is 4.79 Å². The van der Waals surface area contributed by atoms with Gasteiger partial charge < -0.3 is 15.1 Å². The maximum atomic E-state index is 12.6. The summed E-state index contributed by atoms with van der Waals surface area (Å²) >= 11 is 0. The zero-order valence-electron chi connectivity index (χ0n) is 14.0. The first kappa shape index (κ1) is 16.7. The fraction of sp³-hybridized carbons (Fsp3) is 0.647. The van der Waals surface area contributed by atoms with Gasteiger partial charge in [0.15, 0.2) is 0 Å². The van der Waals surface area contributed by atoms with Gasteiger partial charge in [0.1, 0.15) is 5.82 Å². The second-order valence-electron chi connectivity index (χ2n) is 5.88. The molecule has 2 heterocycles. The van der Waals surface area contributed by atoms with Crippen LogP contribution in [-0.4, -0.2) is 55.1 Å². The molecule has 5 nitrogen and oxygen atoms in total. The van der Waals surface area contributed by atoms with E-state index in [4.69, 9.17) is 0 Å². The van der Waals surface area contributed by atoms with Gasteiger partial charge in [0, 0.05) is 32.4 Å². The van der Waals surface area contributed by atoms with Gasteiger partial charge in [-0.05, 0) is 51.4 Å². The van der Waals surface area contributed by atoms with Crippen molar-refractivity contribution in [3.8, 4) is 0 Å². The molecule has 1 aliphatic rings. The van der Waals surface area contributed by atoms with Gasteiger partial charge in [-0.1, -0.05) is 6.92 Å². The lowest BCUT2D eigenvalue weighted by atomic mass is 10.0. The fourth-order valence-corrected chi connectivity index (χ4v) is 2.97. The summed E-state index contributed by atoms with van der Waals surface area (Å²) in [5.41, 5.74) is 0.678. The fourth-order valence-electron chi connectivity index (χ4n) is 2.97. The summed E-state index contributed by atoms with van der Waals surface area (Å²) in [7, 11) is 1.90. The third kappa shape index (κ3) is 3.97. The highest BCUT2D eigenvalue weighted by atomic mass is 16.2. The third-order valence-corrected chi connectivity index (χ3v) is 4.37. The minimum absolute atomic E-state index is 0.0736. The lowest BCUT2D eigenvalue weighted by molar-refractivity contribution is 0.0703. The molecule has 122 valence electrons. The average Bonchev–Trinajstić information content (AvgIpc) is 2.59. The van der Waals surface area contributed by atoms with Crippen molar-refractivity contribution >= 4 is 11.7 Å². The molecule has 1 aromatic rings. The number of nitrogens with one attached hydrogen (secondary N) is 1. The summed E-state index contributed by atoms with van der Waals surface area (Å²) in [5, 5.41) is 3.33. The maximum absolute atomic E-state index is 12.6. The number of piperidine rings is 1. The Labute approximate surface area is 133 Å². The van der Waals surface area contributed by atoms with E-state index in [0.717, 1.165) is 51.3 Å². The highest BCUT2D eigenvalue weighted by Gasteiger charge is 2.23. The zero-order chi connectivity index (χ0) is 15.9. The first-order chi connectivity index (χ1) is 10.7. The van der Waals surface area contributed by atoms with E-state index in [9.17, 15) is 4.79 Å². The number of carbonyl (C=O) groups is 1. The van der Waals surface area contributed by atoms with Crippen LogP contribution in [0.4, 0.5) is 5.82 Å². The molecular weight excluding hydrogens is 276 g/mol. The minimum atomic E-state index is 0.0736. The molecule has 0 atom stereocenters. The van der Waals surface area contributed by atoms with Crippen LogP contribution in [0.1, 0.15) is 43.5 Å². The number of nitrogens with zero attached hydrogens (tertiary/aromatic N) is 3. The summed E-state index contributed by atoms with van der Waals surface area (Å²) in [6.45, 7) is 8.19. The van der Waals surface area contributed by atoms with Gasteiger partial charge >= 0.3 is 0 Å². The predicted molar refractivity (Wildman–Crippen MR) is 90.4 cm³/mol. The van der Waals surface area contributed by atoms with Crippen molar-refractivity contribution in [1.82, 2.24) is 15.2 Å². The van der Waals surface area contributed by atoms with E-state index in [0.29, 0.717) is 11.6 Å². The molecule has 0 bridgehead atoms. The Kier molecular flexibility index (Phi) is 6.19. The van der Waals surface area contributed by atoms with Crippen LogP contribution in [0.25, 0.3) is 0 Å². The molecule has 5 heteroatoms. The van der Waals surface area contributed by atoms with Gasteiger partial charge in [0.2, 0.25) is 0 Å². The van der Waals surface area contributed by atoms with E-state index in [1.54, 1.807) is 6.20 Å². The first-order valence-corrected chi connectivity index (χ1v) is 8.36. The monoisotopic (exact) mass is 304 g/mol. The van der Waals surface area contributed by atoms with Crippen molar-refractivity contribution in [3.05, 3.63) is 23.9 Å². The van der Waals surface area contributed by atoms with Crippen LogP contribution in [0.15, 0.2) is 18.3 Å². The lowest BCUT2D eigenvalue weighted by Crippen LogP contribution is -2.44. The summed E-state index contributed by atoms with van der Waals surface area (Å²) in [4.78, 5) is 21.2. The number of pyridine rings is 1. The summed E-state index contributed by atoms with van der Waals surface area (Å²) in [6.07, 6.45) is 4.85. The van der Waals surface area contributed by atoms with E-state index < -0.39 is 0 Å². The van der Waals surface area contributed by atoms with E-state index >= 15 is 0 Å². The lowest BCUT2D eigenvalue weighted by Gasteiger charge is -2.31. The number of amides is 1. The molecule has 0 spiro atoms. The minimum Gasteiger partial charge on any atom is -0.357 e. The highest BCUT2D eigenvalue weighted by molar-refractivity contribution is 5.94. The van der Waals surface area contributed by atoms with Crippen LogP contribution >= 0.6 is 0 Å². The van der Waals surface area contributed by atoms with Crippen LogP contribution in [0.5, 0.6) is 0 Å². The van der Waals surface area contributed by atoms with Crippen molar-refractivity contribution in [2.75, 3.05) is 38.1 Å². The molecule has 1 amide bonds. The van der Waals surface area contributed by atoms with Crippen LogP contribution in [0.3, 0.4) is 0 Å². The summed E-state index contributed by atoms with van der Waals surface area (Å²) in [6, 6.07) is 4.20. The van der Waals surface area contributed by atoms with Crippen LogP contribution in [0, 0.1) is 0 Å². The van der Waals surface area contributed by atoms with E-state index in [1.165, 1.54) is 0 Å². The van der Waals surface area contributed by atoms with Crippen LogP contribution in [0.2, 0.25) is 0 Å². The topological polar surface area (TPSA) is 48.5 Å². The second kappa shape index (κ2) is 8.13. The van der Waals surface area contributed by atoms with Gasteiger partial charge in [-0.15, -0.1) is 0 Å². The molecule has 1 saturated heterocycles. The normalized spacial score (nSPS) is 15.6. The number of carbonyl (C=O) groups excluding carboxylic acids is 1. The quantitative estimate of drug-likeness (QED) is 0.875. The molecule has 0 unspecified atom stereocenters. The van der Waals surface area contributed by atoms with Gasteiger partial charge in [-0.25, -0.2) is 4.98 Å². The molecule has 1 N–H and O–H groups in total. The number of hydrogen-bond acceptors (Lipinski definition) is 4. The van der Waals surface area contributed by atoms with Gasteiger partial charge in [0.05, 0.1) is 5.56 Å². The molecule has 1 aromatic heterocycles. The van der Waals surface area contributed by atoms with E-state index in [1.807, 2.05) is 24.1 Å². The van der Waals surface area contributed by atoms with Crippen molar-refractivity contribution in [3.63, 3.8) is 0 Å². The zero-order valence-corrected chi connectivity index (χ0v) is 14.0. The summed E-state index contributed by atoms with van der Waals surface area (Å²) in [5.74, 6) is 1.02. The molecule has 0 aromatic carbocycles. The Hall–Kier alpha value is -1.62. The summed E-state index contributed by atoms with van der Waals surface area (Å²) < 4.78 is 0. The van der Waals surface area contributed by atoms with E-state index in [-0.39, 0.29) is 5.91 Å². The molecule has 0 saturated carbocycles. The predicted octanol–water partition coefficient (Wildman–Crippen LogP) is 2.14. The average molecular weight is 304 g/mol. The molecular formula is C17H28N4O. The molecule has 2 rings (SSSR count). The van der Waals surface area contributed by atoms with Crippen molar-refractivity contribution in [1.29, 1.82) is 0 Å². The Balaban J connectivity index is 2.03. The number of aromatic nitrogens is 1. The third-order valence-electron chi connectivity index (χ3n) is 4.37. The van der Waals surface area contributed by atoms with Crippen LogP contribution < -0.4 is 10.2 Å².